The molecule has 0 unspecified atom stereocenters. The number of rotatable bonds is 4. The number of aryl methyl sites for hydroxylation is 1. The normalized spacial score (nSPS) is 11.7. The lowest BCUT2D eigenvalue weighted by Crippen LogP contribution is -2.16. The number of sulfonamides is 1. The van der Waals surface area contributed by atoms with Crippen LogP contribution < -0.4 is 4.72 Å². The van der Waals surface area contributed by atoms with Crippen molar-refractivity contribution in [3.8, 4) is 0 Å². The Kier molecular flexibility index (Phi) is 4.57. The molecule has 0 fully saturated rings. The van der Waals surface area contributed by atoms with E-state index in [1.807, 2.05) is 0 Å². The van der Waals surface area contributed by atoms with E-state index in [1.165, 1.54) is 0 Å². The number of aromatic amines is 1. The number of benzene rings is 1. The highest BCUT2D eigenvalue weighted by Crippen LogP contribution is 2.33. The summed E-state index contributed by atoms with van der Waals surface area (Å²) in [5, 5.41) is 14.9. The molecule has 0 aliphatic rings. The number of aliphatic hydroxyl groups is 1. The Bertz CT molecular complexity index is 771. The van der Waals surface area contributed by atoms with Gasteiger partial charge in [-0.15, -0.1) is 0 Å². The molecule has 0 atom stereocenters. The SMILES string of the molecule is Cc1[nH]nc(S(=O)(=O)Nc2c(Cl)cc(F)cc2Br)c1CO. The van der Waals surface area contributed by atoms with Gasteiger partial charge in [0.2, 0.25) is 5.03 Å². The lowest BCUT2D eigenvalue weighted by atomic mass is 10.3. The van der Waals surface area contributed by atoms with Gasteiger partial charge in [-0.1, -0.05) is 11.6 Å². The highest BCUT2D eigenvalue weighted by molar-refractivity contribution is 9.10. The highest BCUT2D eigenvalue weighted by atomic mass is 79.9. The lowest BCUT2D eigenvalue weighted by Gasteiger charge is -2.11. The molecular formula is C11H10BrClFN3O3S. The minimum atomic E-state index is -4.08. The quantitative estimate of drug-likeness (QED) is 0.737. The van der Waals surface area contributed by atoms with Gasteiger partial charge >= 0.3 is 0 Å². The van der Waals surface area contributed by atoms with E-state index < -0.39 is 22.4 Å². The Labute approximate surface area is 133 Å². The van der Waals surface area contributed by atoms with Gasteiger partial charge in [-0.05, 0) is 35.0 Å². The zero-order valence-corrected chi connectivity index (χ0v) is 13.8. The number of halogens is 3. The fourth-order valence-corrected chi connectivity index (χ4v) is 4.04. The van der Waals surface area contributed by atoms with Gasteiger partial charge in [0.25, 0.3) is 10.0 Å². The Hall–Kier alpha value is -1.16. The first kappa shape index (κ1) is 16.2. The van der Waals surface area contributed by atoms with E-state index in [0.717, 1.165) is 12.1 Å². The molecule has 0 saturated heterocycles. The Morgan fingerprint density at radius 2 is 2.19 bits per heavy atom. The van der Waals surface area contributed by atoms with Crippen LogP contribution in [0.15, 0.2) is 21.6 Å². The van der Waals surface area contributed by atoms with E-state index in [2.05, 4.69) is 30.8 Å². The smallest absolute Gasteiger partial charge is 0.281 e. The van der Waals surface area contributed by atoms with Crippen molar-refractivity contribution in [2.24, 2.45) is 0 Å². The largest absolute Gasteiger partial charge is 0.392 e. The van der Waals surface area contributed by atoms with Gasteiger partial charge in [0.05, 0.1) is 17.3 Å². The van der Waals surface area contributed by atoms with Crippen LogP contribution >= 0.6 is 27.5 Å². The molecule has 1 aromatic heterocycles. The summed E-state index contributed by atoms with van der Waals surface area (Å²) >= 11 is 8.87. The van der Waals surface area contributed by atoms with E-state index in [1.54, 1.807) is 6.92 Å². The number of aliphatic hydroxyl groups excluding tert-OH is 1. The van der Waals surface area contributed by atoms with Gasteiger partial charge in [0, 0.05) is 15.7 Å². The van der Waals surface area contributed by atoms with Crippen LogP contribution in [0, 0.1) is 12.7 Å². The van der Waals surface area contributed by atoms with E-state index >= 15 is 0 Å². The molecule has 0 radical (unpaired) electrons. The fraction of sp³-hybridized carbons (Fsp3) is 0.182. The fourth-order valence-electron chi connectivity index (χ4n) is 1.66. The molecule has 2 aromatic rings. The van der Waals surface area contributed by atoms with Crippen molar-refractivity contribution >= 4 is 43.2 Å². The second kappa shape index (κ2) is 5.91. The standard InChI is InChI=1S/C11H10BrClFN3O3S/c1-5-7(4-18)11(16-15-5)21(19,20)17-10-8(12)2-6(14)3-9(10)13/h2-3,17-18H,4H2,1H3,(H,15,16). The minimum absolute atomic E-state index is 0.0115. The molecule has 21 heavy (non-hydrogen) atoms. The Morgan fingerprint density at radius 3 is 2.76 bits per heavy atom. The van der Waals surface area contributed by atoms with Crippen LogP contribution in [-0.4, -0.2) is 23.7 Å². The average molecular weight is 399 g/mol. The van der Waals surface area contributed by atoms with Gasteiger partial charge in [-0.25, -0.2) is 4.39 Å². The van der Waals surface area contributed by atoms with Crippen LogP contribution in [0.2, 0.25) is 5.02 Å². The summed E-state index contributed by atoms with van der Waals surface area (Å²) in [6.07, 6.45) is 0. The monoisotopic (exact) mass is 397 g/mol. The summed E-state index contributed by atoms with van der Waals surface area (Å²) in [7, 11) is -4.08. The zero-order valence-electron chi connectivity index (χ0n) is 10.6. The maximum Gasteiger partial charge on any atom is 0.281 e. The third-order valence-corrected chi connectivity index (χ3v) is 4.94. The summed E-state index contributed by atoms with van der Waals surface area (Å²) in [4.78, 5) is 0. The van der Waals surface area contributed by atoms with E-state index in [-0.39, 0.29) is 25.8 Å². The molecule has 2 rings (SSSR count). The van der Waals surface area contributed by atoms with Crippen molar-refractivity contribution in [1.29, 1.82) is 0 Å². The highest BCUT2D eigenvalue weighted by Gasteiger charge is 2.25. The molecule has 1 heterocycles. The number of H-pyrrole nitrogens is 1. The second-order valence-corrected chi connectivity index (χ2v) is 7.00. The third kappa shape index (κ3) is 3.20. The van der Waals surface area contributed by atoms with Crippen molar-refractivity contribution in [3.05, 3.63) is 38.7 Å². The van der Waals surface area contributed by atoms with Gasteiger partial charge < -0.3 is 5.11 Å². The number of hydrogen-bond donors (Lipinski definition) is 3. The van der Waals surface area contributed by atoms with E-state index in [4.69, 9.17) is 11.6 Å². The Morgan fingerprint density at radius 1 is 1.52 bits per heavy atom. The van der Waals surface area contributed by atoms with Crippen LogP contribution in [0.1, 0.15) is 11.3 Å². The summed E-state index contributed by atoms with van der Waals surface area (Å²) in [5.74, 6) is -0.610. The second-order valence-electron chi connectivity index (χ2n) is 4.14. The summed E-state index contributed by atoms with van der Waals surface area (Å²) in [6.45, 7) is 1.09. The third-order valence-electron chi connectivity index (χ3n) is 2.69. The molecular weight excluding hydrogens is 389 g/mol. The predicted octanol–water partition coefficient (Wildman–Crippen LogP) is 2.57. The first-order valence-electron chi connectivity index (χ1n) is 5.58. The number of aromatic nitrogens is 2. The van der Waals surface area contributed by atoms with Crippen molar-refractivity contribution in [3.63, 3.8) is 0 Å². The Balaban J connectivity index is 2.47. The molecule has 10 heteroatoms. The first-order chi connectivity index (χ1) is 9.76. The summed E-state index contributed by atoms with van der Waals surface area (Å²) in [5.41, 5.74) is 0.571. The molecule has 0 amide bonds. The van der Waals surface area contributed by atoms with Crippen molar-refractivity contribution < 1.29 is 17.9 Å². The number of nitrogens with zero attached hydrogens (tertiary/aromatic N) is 1. The molecule has 1 aromatic carbocycles. The van der Waals surface area contributed by atoms with Gasteiger partial charge in [0.1, 0.15) is 5.82 Å². The molecule has 6 nitrogen and oxygen atoms in total. The van der Waals surface area contributed by atoms with E-state index in [0.29, 0.717) is 5.69 Å². The lowest BCUT2D eigenvalue weighted by molar-refractivity contribution is 0.277. The summed E-state index contributed by atoms with van der Waals surface area (Å²) in [6, 6.07) is 2.05. The molecule has 114 valence electrons. The topological polar surface area (TPSA) is 95.1 Å². The molecule has 3 N–H and O–H groups in total. The number of anilines is 1. The van der Waals surface area contributed by atoms with Gasteiger partial charge in [-0.2, -0.15) is 13.5 Å². The molecule has 0 bridgehead atoms. The molecule has 0 aliphatic carbocycles. The molecule has 0 spiro atoms. The van der Waals surface area contributed by atoms with Crippen LogP contribution in [0.5, 0.6) is 0 Å². The first-order valence-corrected chi connectivity index (χ1v) is 8.23. The van der Waals surface area contributed by atoms with Crippen LogP contribution in [0.25, 0.3) is 0 Å². The zero-order chi connectivity index (χ0) is 15.8. The van der Waals surface area contributed by atoms with Crippen LogP contribution in [-0.2, 0) is 16.6 Å². The van der Waals surface area contributed by atoms with Gasteiger partial charge in [-0.3, -0.25) is 9.82 Å². The maximum atomic E-state index is 13.1. The van der Waals surface area contributed by atoms with E-state index in [9.17, 15) is 17.9 Å². The minimum Gasteiger partial charge on any atom is -0.392 e. The predicted molar refractivity (Wildman–Crippen MR) is 79.2 cm³/mol. The van der Waals surface area contributed by atoms with Crippen molar-refractivity contribution in [2.45, 2.75) is 18.6 Å². The summed E-state index contributed by atoms with van der Waals surface area (Å²) < 4.78 is 40.1. The average Bonchev–Trinajstić information content (AvgIpc) is 2.75. The number of nitrogens with one attached hydrogen (secondary N) is 2. The number of hydrogen-bond acceptors (Lipinski definition) is 4. The molecule has 0 aliphatic heterocycles. The van der Waals surface area contributed by atoms with Crippen LogP contribution in [0.3, 0.4) is 0 Å². The maximum absolute atomic E-state index is 13.1. The van der Waals surface area contributed by atoms with Crippen molar-refractivity contribution in [2.75, 3.05) is 4.72 Å². The molecule has 0 saturated carbocycles. The van der Waals surface area contributed by atoms with Crippen molar-refractivity contribution in [1.82, 2.24) is 10.2 Å². The van der Waals surface area contributed by atoms with Gasteiger partial charge in [0.15, 0.2) is 0 Å². The van der Waals surface area contributed by atoms with Crippen LogP contribution in [0.4, 0.5) is 10.1 Å².